The highest BCUT2D eigenvalue weighted by Gasteiger charge is 2.36. The number of anilines is 1. The van der Waals surface area contributed by atoms with Gasteiger partial charge in [0, 0.05) is 6.54 Å². The van der Waals surface area contributed by atoms with Gasteiger partial charge in [0.1, 0.15) is 27.0 Å². The second kappa shape index (κ2) is 6.45. The van der Waals surface area contributed by atoms with Crippen molar-refractivity contribution in [1.82, 2.24) is 5.32 Å². The number of hydrogen-bond acceptors (Lipinski definition) is 6. The largest absolute Gasteiger partial charge is 0.487 e. The van der Waals surface area contributed by atoms with Crippen LogP contribution in [-0.4, -0.2) is 38.2 Å². The first-order valence-corrected chi connectivity index (χ1v) is 8.80. The van der Waals surface area contributed by atoms with Crippen LogP contribution in [0, 0.1) is 5.92 Å². The summed E-state index contributed by atoms with van der Waals surface area (Å²) in [6, 6.07) is -0.577. The SMILES string of the molecule is COC(=O)[C@@H](NC(=O)c1sc(Br)c2c1NCCO2)C1CCC1. The van der Waals surface area contributed by atoms with Gasteiger partial charge in [0.05, 0.1) is 7.11 Å². The van der Waals surface area contributed by atoms with Crippen LogP contribution in [0.25, 0.3) is 0 Å². The maximum atomic E-state index is 12.6. The molecule has 2 heterocycles. The van der Waals surface area contributed by atoms with Crippen molar-refractivity contribution in [2.45, 2.75) is 25.3 Å². The Hall–Kier alpha value is -1.28. The molecule has 0 aromatic carbocycles. The Kier molecular flexibility index (Phi) is 4.58. The first-order valence-electron chi connectivity index (χ1n) is 7.19. The number of amides is 1. The molecule has 22 heavy (non-hydrogen) atoms. The third-order valence-electron chi connectivity index (χ3n) is 4.04. The Morgan fingerprint density at radius 1 is 1.50 bits per heavy atom. The van der Waals surface area contributed by atoms with E-state index in [-0.39, 0.29) is 17.8 Å². The Bertz CT molecular complexity index is 600. The van der Waals surface area contributed by atoms with Crippen molar-refractivity contribution in [1.29, 1.82) is 0 Å². The molecule has 1 aliphatic carbocycles. The van der Waals surface area contributed by atoms with Gasteiger partial charge in [-0.25, -0.2) is 4.79 Å². The summed E-state index contributed by atoms with van der Waals surface area (Å²) in [5, 5.41) is 6.01. The Morgan fingerprint density at radius 2 is 2.27 bits per heavy atom. The molecule has 1 aromatic heterocycles. The predicted octanol–water partition coefficient (Wildman–Crippen LogP) is 2.39. The van der Waals surface area contributed by atoms with E-state index in [9.17, 15) is 9.59 Å². The van der Waals surface area contributed by atoms with Gasteiger partial charge in [0.15, 0.2) is 5.75 Å². The van der Waals surface area contributed by atoms with E-state index in [4.69, 9.17) is 9.47 Å². The number of hydrogen-bond donors (Lipinski definition) is 2. The van der Waals surface area contributed by atoms with Crippen molar-refractivity contribution >= 4 is 44.8 Å². The lowest BCUT2D eigenvalue weighted by atomic mass is 9.79. The van der Waals surface area contributed by atoms with Crippen LogP contribution < -0.4 is 15.4 Å². The van der Waals surface area contributed by atoms with E-state index >= 15 is 0 Å². The molecule has 1 aromatic rings. The average Bonchev–Trinajstić information content (AvgIpc) is 2.82. The maximum Gasteiger partial charge on any atom is 0.328 e. The topological polar surface area (TPSA) is 76.7 Å². The zero-order chi connectivity index (χ0) is 15.7. The fourth-order valence-electron chi connectivity index (χ4n) is 2.64. The number of thiophene rings is 1. The fraction of sp³-hybridized carbons (Fsp3) is 0.571. The lowest BCUT2D eigenvalue weighted by Gasteiger charge is -2.32. The Morgan fingerprint density at radius 3 is 2.91 bits per heavy atom. The van der Waals surface area contributed by atoms with Gasteiger partial charge >= 0.3 is 5.97 Å². The van der Waals surface area contributed by atoms with Crippen molar-refractivity contribution in [3.8, 4) is 5.75 Å². The van der Waals surface area contributed by atoms with Gasteiger partial charge in [-0.2, -0.15) is 0 Å². The highest BCUT2D eigenvalue weighted by molar-refractivity contribution is 9.11. The average molecular weight is 389 g/mol. The molecule has 120 valence electrons. The fourth-order valence-corrected chi connectivity index (χ4v) is 4.29. The van der Waals surface area contributed by atoms with Crippen LogP contribution in [0.2, 0.25) is 0 Å². The second-order valence-corrected chi connectivity index (χ2v) is 7.69. The molecule has 0 saturated heterocycles. The number of esters is 1. The van der Waals surface area contributed by atoms with Crippen molar-refractivity contribution in [2.24, 2.45) is 5.92 Å². The van der Waals surface area contributed by atoms with Crippen molar-refractivity contribution < 1.29 is 19.1 Å². The molecule has 2 aliphatic rings. The first kappa shape index (κ1) is 15.6. The molecule has 1 fully saturated rings. The smallest absolute Gasteiger partial charge is 0.328 e. The standard InChI is InChI=1S/C14H17BrN2O4S/c1-20-14(19)8(7-3-2-4-7)17-13(18)11-9-10(12(15)22-11)21-6-5-16-9/h7-8,16H,2-6H2,1H3,(H,17,18)/t8-/m0/s1. The van der Waals surface area contributed by atoms with E-state index in [2.05, 4.69) is 26.6 Å². The van der Waals surface area contributed by atoms with E-state index in [1.807, 2.05) is 0 Å². The number of ether oxygens (including phenoxy) is 2. The van der Waals surface area contributed by atoms with E-state index in [1.165, 1.54) is 18.4 Å². The number of fused-ring (bicyclic) bond motifs is 1. The minimum absolute atomic E-state index is 0.167. The molecule has 1 saturated carbocycles. The summed E-state index contributed by atoms with van der Waals surface area (Å²) in [7, 11) is 1.35. The minimum atomic E-state index is -0.577. The van der Waals surface area contributed by atoms with Crippen LogP contribution in [0.5, 0.6) is 5.75 Å². The van der Waals surface area contributed by atoms with E-state index in [0.29, 0.717) is 29.5 Å². The van der Waals surface area contributed by atoms with Gasteiger partial charge in [0.25, 0.3) is 5.91 Å². The monoisotopic (exact) mass is 388 g/mol. The van der Waals surface area contributed by atoms with Crippen molar-refractivity contribution in [2.75, 3.05) is 25.6 Å². The molecule has 2 N–H and O–H groups in total. The molecule has 0 bridgehead atoms. The van der Waals surface area contributed by atoms with Crippen LogP contribution in [0.4, 0.5) is 5.69 Å². The summed E-state index contributed by atoms with van der Waals surface area (Å²) in [5.41, 5.74) is 0.692. The van der Waals surface area contributed by atoms with Crippen LogP contribution in [-0.2, 0) is 9.53 Å². The molecule has 0 radical (unpaired) electrons. The molecule has 1 amide bonds. The normalized spacial score (nSPS) is 18.3. The van der Waals surface area contributed by atoms with Crippen LogP contribution in [0.1, 0.15) is 28.9 Å². The molecular weight excluding hydrogens is 372 g/mol. The number of carbonyl (C=O) groups excluding carboxylic acids is 2. The van der Waals surface area contributed by atoms with Crippen LogP contribution >= 0.6 is 27.3 Å². The third kappa shape index (κ3) is 2.81. The zero-order valence-electron chi connectivity index (χ0n) is 12.1. The number of carbonyl (C=O) groups is 2. The van der Waals surface area contributed by atoms with Crippen molar-refractivity contribution in [3.05, 3.63) is 8.66 Å². The molecule has 1 aliphatic heterocycles. The molecule has 1 atom stereocenters. The van der Waals surface area contributed by atoms with Gasteiger partial charge in [-0.15, -0.1) is 11.3 Å². The maximum absolute atomic E-state index is 12.6. The summed E-state index contributed by atoms with van der Waals surface area (Å²) in [6.07, 6.45) is 2.96. The zero-order valence-corrected chi connectivity index (χ0v) is 14.5. The highest BCUT2D eigenvalue weighted by Crippen LogP contribution is 2.45. The number of methoxy groups -OCH3 is 1. The van der Waals surface area contributed by atoms with Crippen LogP contribution in [0.3, 0.4) is 0 Å². The molecule has 6 nitrogen and oxygen atoms in total. The summed E-state index contributed by atoms with van der Waals surface area (Å²) in [4.78, 5) is 25.0. The van der Waals surface area contributed by atoms with Gasteiger partial charge in [-0.3, -0.25) is 4.79 Å². The second-order valence-electron chi connectivity index (χ2n) is 5.35. The number of rotatable bonds is 4. The summed E-state index contributed by atoms with van der Waals surface area (Å²) >= 11 is 4.72. The predicted molar refractivity (Wildman–Crippen MR) is 86.6 cm³/mol. The van der Waals surface area contributed by atoms with Gasteiger partial charge in [0.2, 0.25) is 0 Å². The van der Waals surface area contributed by atoms with Crippen LogP contribution in [0.15, 0.2) is 3.79 Å². The highest BCUT2D eigenvalue weighted by atomic mass is 79.9. The number of nitrogens with one attached hydrogen (secondary N) is 2. The van der Waals surface area contributed by atoms with E-state index < -0.39 is 6.04 Å². The van der Waals surface area contributed by atoms with E-state index in [1.54, 1.807) is 0 Å². The lowest BCUT2D eigenvalue weighted by Crippen LogP contribution is -2.48. The van der Waals surface area contributed by atoms with Gasteiger partial charge in [-0.1, -0.05) is 6.42 Å². The molecule has 3 rings (SSSR count). The van der Waals surface area contributed by atoms with Gasteiger partial charge < -0.3 is 20.1 Å². The Labute approximate surface area is 140 Å². The van der Waals surface area contributed by atoms with Crippen molar-refractivity contribution in [3.63, 3.8) is 0 Å². The first-order chi connectivity index (χ1) is 10.6. The minimum Gasteiger partial charge on any atom is -0.487 e. The summed E-state index contributed by atoms with van der Waals surface area (Å²) in [6.45, 7) is 1.22. The molecule has 8 heteroatoms. The van der Waals surface area contributed by atoms with E-state index in [0.717, 1.165) is 23.0 Å². The summed E-state index contributed by atoms with van der Waals surface area (Å²) in [5.74, 6) is 0.179. The molecular formula is C14H17BrN2O4S. The summed E-state index contributed by atoms with van der Waals surface area (Å²) < 4.78 is 11.2. The third-order valence-corrected chi connectivity index (χ3v) is 5.85. The molecule has 0 unspecified atom stereocenters. The Balaban J connectivity index is 1.79. The quantitative estimate of drug-likeness (QED) is 0.774. The lowest BCUT2D eigenvalue weighted by molar-refractivity contribution is -0.145. The molecule has 0 spiro atoms. The van der Waals surface area contributed by atoms with Gasteiger partial charge in [-0.05, 0) is 34.7 Å². The number of halogens is 1.